The van der Waals surface area contributed by atoms with E-state index in [0.29, 0.717) is 5.82 Å². The van der Waals surface area contributed by atoms with Crippen LogP contribution in [-0.4, -0.2) is 16.5 Å². The zero-order chi connectivity index (χ0) is 11.2. The summed E-state index contributed by atoms with van der Waals surface area (Å²) in [5.74, 6) is 0.705. The number of rotatable bonds is 4. The Labute approximate surface area is 93.4 Å². The van der Waals surface area contributed by atoms with Crippen LogP contribution in [0.1, 0.15) is 5.56 Å². The maximum absolute atomic E-state index is 10.9. The molecule has 0 aliphatic carbocycles. The van der Waals surface area contributed by atoms with Gasteiger partial charge in [-0.2, -0.15) is 0 Å². The normalized spacial score (nSPS) is 10.0. The molecule has 82 valence electrons. The monoisotopic (exact) mass is 215 g/mol. The van der Waals surface area contributed by atoms with Gasteiger partial charge in [0.25, 0.3) is 0 Å². The molecule has 0 saturated heterocycles. The number of hydrogen-bond acceptors (Lipinski definition) is 3. The van der Waals surface area contributed by atoms with Gasteiger partial charge in [-0.05, 0) is 18.1 Å². The predicted octanol–water partition coefficient (Wildman–Crippen LogP) is 1.42. The Morgan fingerprint density at radius 2 is 2.00 bits per heavy atom. The minimum atomic E-state index is -0.329. The Kier molecular flexibility index (Phi) is 3.33. The van der Waals surface area contributed by atoms with Crippen LogP contribution in [0.2, 0.25) is 0 Å². The zero-order valence-corrected chi connectivity index (χ0v) is 8.81. The topological polar surface area (TPSA) is 57.8 Å². The van der Waals surface area contributed by atoms with Crippen LogP contribution in [0.5, 0.6) is 0 Å². The summed E-state index contributed by atoms with van der Waals surface area (Å²) in [6.45, 7) is 0.782. The van der Waals surface area contributed by atoms with Gasteiger partial charge in [0.1, 0.15) is 5.82 Å². The van der Waals surface area contributed by atoms with Gasteiger partial charge in [0, 0.05) is 12.7 Å². The SMILES string of the molecule is O=c1nccc(NCCc2ccccc2)[nH]1. The van der Waals surface area contributed by atoms with Crippen molar-refractivity contribution in [2.45, 2.75) is 6.42 Å². The van der Waals surface area contributed by atoms with Crippen LogP contribution in [0.3, 0.4) is 0 Å². The van der Waals surface area contributed by atoms with E-state index in [1.54, 1.807) is 6.07 Å². The molecule has 0 aliphatic rings. The average molecular weight is 215 g/mol. The fraction of sp³-hybridized carbons (Fsp3) is 0.167. The van der Waals surface area contributed by atoms with Gasteiger partial charge in [-0.25, -0.2) is 9.78 Å². The average Bonchev–Trinajstić information content (AvgIpc) is 2.30. The molecule has 1 aromatic carbocycles. The van der Waals surface area contributed by atoms with Crippen molar-refractivity contribution in [1.82, 2.24) is 9.97 Å². The molecule has 4 nitrogen and oxygen atoms in total. The lowest BCUT2D eigenvalue weighted by molar-refractivity contribution is 0.985. The number of aromatic amines is 1. The summed E-state index contributed by atoms with van der Waals surface area (Å²) in [7, 11) is 0. The van der Waals surface area contributed by atoms with Crippen molar-refractivity contribution in [3.05, 3.63) is 58.6 Å². The van der Waals surface area contributed by atoms with E-state index < -0.39 is 0 Å². The van der Waals surface area contributed by atoms with Crippen molar-refractivity contribution in [1.29, 1.82) is 0 Å². The second-order valence-corrected chi connectivity index (χ2v) is 3.45. The minimum absolute atomic E-state index is 0.329. The first-order chi connectivity index (χ1) is 7.84. The molecule has 4 heteroatoms. The lowest BCUT2D eigenvalue weighted by atomic mass is 10.1. The highest BCUT2D eigenvalue weighted by atomic mass is 16.1. The van der Waals surface area contributed by atoms with Gasteiger partial charge in [-0.15, -0.1) is 0 Å². The molecule has 1 aromatic heterocycles. The van der Waals surface area contributed by atoms with Crippen molar-refractivity contribution in [2.24, 2.45) is 0 Å². The molecule has 0 atom stereocenters. The van der Waals surface area contributed by atoms with Gasteiger partial charge >= 0.3 is 5.69 Å². The van der Waals surface area contributed by atoms with Gasteiger partial charge in [0.15, 0.2) is 0 Å². The lowest BCUT2D eigenvalue weighted by Crippen LogP contribution is -2.14. The van der Waals surface area contributed by atoms with Crippen LogP contribution < -0.4 is 11.0 Å². The third kappa shape index (κ3) is 2.95. The highest BCUT2D eigenvalue weighted by Gasteiger charge is 1.93. The van der Waals surface area contributed by atoms with Crippen LogP contribution in [0.4, 0.5) is 5.82 Å². The Hall–Kier alpha value is -2.10. The third-order valence-corrected chi connectivity index (χ3v) is 2.25. The van der Waals surface area contributed by atoms with Gasteiger partial charge in [-0.1, -0.05) is 30.3 Å². The van der Waals surface area contributed by atoms with E-state index in [0.717, 1.165) is 13.0 Å². The molecule has 2 aromatic rings. The van der Waals surface area contributed by atoms with Crippen molar-refractivity contribution in [2.75, 3.05) is 11.9 Å². The summed E-state index contributed by atoms with van der Waals surface area (Å²) < 4.78 is 0. The summed E-state index contributed by atoms with van der Waals surface area (Å²) in [6, 6.07) is 11.9. The largest absolute Gasteiger partial charge is 0.371 e. The van der Waals surface area contributed by atoms with E-state index >= 15 is 0 Å². The summed E-state index contributed by atoms with van der Waals surface area (Å²) in [5.41, 5.74) is 0.941. The van der Waals surface area contributed by atoms with Crippen molar-refractivity contribution >= 4 is 5.82 Å². The molecule has 0 radical (unpaired) electrons. The Morgan fingerprint density at radius 1 is 1.19 bits per heavy atom. The van der Waals surface area contributed by atoms with Crippen molar-refractivity contribution in [3.8, 4) is 0 Å². The molecule has 0 aliphatic heterocycles. The van der Waals surface area contributed by atoms with Crippen molar-refractivity contribution < 1.29 is 0 Å². The maximum Gasteiger partial charge on any atom is 0.346 e. The van der Waals surface area contributed by atoms with E-state index in [9.17, 15) is 4.79 Å². The van der Waals surface area contributed by atoms with Gasteiger partial charge in [-0.3, -0.25) is 4.98 Å². The smallest absolute Gasteiger partial charge is 0.346 e. The standard InChI is InChI=1S/C12H13N3O/c16-12-14-9-7-11(15-12)13-8-6-10-4-2-1-3-5-10/h1-5,7,9H,6,8H2,(H2,13,14,15,16). The van der Waals surface area contributed by atoms with Crippen LogP contribution in [0.25, 0.3) is 0 Å². The summed E-state index contributed by atoms with van der Waals surface area (Å²) in [5, 5.41) is 3.14. The molecule has 0 bridgehead atoms. The molecule has 0 spiro atoms. The Balaban J connectivity index is 1.87. The van der Waals surface area contributed by atoms with Gasteiger partial charge in [0.2, 0.25) is 0 Å². The second-order valence-electron chi connectivity index (χ2n) is 3.45. The van der Waals surface area contributed by atoms with Crippen LogP contribution >= 0.6 is 0 Å². The first-order valence-electron chi connectivity index (χ1n) is 5.18. The van der Waals surface area contributed by atoms with Crippen LogP contribution in [0.15, 0.2) is 47.4 Å². The third-order valence-electron chi connectivity index (χ3n) is 2.25. The number of benzene rings is 1. The number of nitrogens with one attached hydrogen (secondary N) is 2. The quantitative estimate of drug-likeness (QED) is 0.811. The van der Waals surface area contributed by atoms with E-state index in [-0.39, 0.29) is 5.69 Å². The van der Waals surface area contributed by atoms with E-state index in [2.05, 4.69) is 27.4 Å². The summed E-state index contributed by atoms with van der Waals surface area (Å²) in [4.78, 5) is 17.1. The highest BCUT2D eigenvalue weighted by Crippen LogP contribution is 2.01. The molecule has 0 amide bonds. The summed E-state index contributed by atoms with van der Waals surface area (Å²) in [6.07, 6.45) is 2.41. The Morgan fingerprint density at radius 3 is 2.75 bits per heavy atom. The fourth-order valence-corrected chi connectivity index (χ4v) is 1.46. The molecule has 16 heavy (non-hydrogen) atoms. The fourth-order valence-electron chi connectivity index (χ4n) is 1.46. The molecule has 0 saturated carbocycles. The molecule has 1 heterocycles. The van der Waals surface area contributed by atoms with E-state index in [4.69, 9.17) is 0 Å². The van der Waals surface area contributed by atoms with Gasteiger partial charge < -0.3 is 5.32 Å². The maximum atomic E-state index is 10.9. The molecular weight excluding hydrogens is 202 g/mol. The number of aromatic nitrogens is 2. The molecule has 2 N–H and O–H groups in total. The minimum Gasteiger partial charge on any atom is -0.371 e. The molecule has 2 rings (SSSR count). The molecule has 0 fully saturated rings. The first-order valence-corrected chi connectivity index (χ1v) is 5.18. The molecular formula is C12H13N3O. The number of nitrogens with zero attached hydrogens (tertiary/aromatic N) is 1. The molecule has 0 unspecified atom stereocenters. The van der Waals surface area contributed by atoms with Crippen LogP contribution in [-0.2, 0) is 6.42 Å². The highest BCUT2D eigenvalue weighted by molar-refractivity contribution is 5.31. The van der Waals surface area contributed by atoms with E-state index in [1.807, 2.05) is 18.2 Å². The predicted molar refractivity (Wildman–Crippen MR) is 63.5 cm³/mol. The second kappa shape index (κ2) is 5.11. The number of hydrogen-bond donors (Lipinski definition) is 2. The van der Waals surface area contributed by atoms with Gasteiger partial charge in [0.05, 0.1) is 0 Å². The van der Waals surface area contributed by atoms with E-state index in [1.165, 1.54) is 11.8 Å². The zero-order valence-electron chi connectivity index (χ0n) is 8.81. The van der Waals surface area contributed by atoms with Crippen molar-refractivity contribution in [3.63, 3.8) is 0 Å². The summed E-state index contributed by atoms with van der Waals surface area (Å²) >= 11 is 0. The van der Waals surface area contributed by atoms with Crippen LogP contribution in [0, 0.1) is 0 Å². The number of anilines is 1. The number of H-pyrrole nitrogens is 1. The lowest BCUT2D eigenvalue weighted by Gasteiger charge is -2.05. The Bertz CT molecular complexity index is 493. The first kappa shape index (κ1) is 10.4.